The standard InChI is InChI=1S/C25H17BO/c27-26-16-13-14-20-19-9-3-6-12-23(19)25(24(20)15-16)21-10-4-1-7-17(21)18-8-2-5-11-22(18)25/h1-15,26-27H. The molecule has 0 aromatic heterocycles. The van der Waals surface area contributed by atoms with Gasteiger partial charge in [-0.3, -0.25) is 0 Å². The van der Waals surface area contributed by atoms with E-state index in [1.807, 2.05) is 6.07 Å². The minimum atomic E-state index is -0.301. The third-order valence-electron chi connectivity index (χ3n) is 6.24. The first kappa shape index (κ1) is 15.0. The Morgan fingerprint density at radius 1 is 0.519 bits per heavy atom. The average molecular weight is 344 g/mol. The first-order valence-electron chi connectivity index (χ1n) is 9.39. The largest absolute Gasteiger partial charge is 0.449 e. The van der Waals surface area contributed by atoms with Crippen molar-refractivity contribution >= 4 is 12.9 Å². The quantitative estimate of drug-likeness (QED) is 0.447. The second kappa shape index (κ2) is 5.22. The van der Waals surface area contributed by atoms with E-state index in [9.17, 15) is 5.02 Å². The molecule has 0 heterocycles. The van der Waals surface area contributed by atoms with Crippen molar-refractivity contribution in [1.29, 1.82) is 0 Å². The van der Waals surface area contributed by atoms with E-state index in [1.54, 1.807) is 0 Å². The Kier molecular flexibility index (Phi) is 2.90. The summed E-state index contributed by atoms with van der Waals surface area (Å²) in [6.07, 6.45) is 0. The van der Waals surface area contributed by atoms with Crippen LogP contribution in [0.2, 0.25) is 0 Å². The molecule has 27 heavy (non-hydrogen) atoms. The van der Waals surface area contributed by atoms with Gasteiger partial charge in [0.2, 0.25) is 0 Å². The molecule has 2 aliphatic rings. The molecule has 0 amide bonds. The van der Waals surface area contributed by atoms with Crippen LogP contribution in [-0.2, 0) is 5.41 Å². The average Bonchev–Trinajstić information content (AvgIpc) is 3.21. The van der Waals surface area contributed by atoms with Crippen molar-refractivity contribution in [3.05, 3.63) is 113 Å². The molecule has 0 bridgehead atoms. The lowest BCUT2D eigenvalue weighted by molar-refractivity contribution is 0.615. The molecule has 0 saturated heterocycles. The van der Waals surface area contributed by atoms with Gasteiger partial charge in [-0.15, -0.1) is 0 Å². The number of hydrogen-bond donors (Lipinski definition) is 1. The molecule has 1 nitrogen and oxygen atoms in total. The Labute approximate surface area is 159 Å². The minimum absolute atomic E-state index is 0.0585. The van der Waals surface area contributed by atoms with Gasteiger partial charge in [0.25, 0.3) is 0 Å². The highest BCUT2D eigenvalue weighted by atomic mass is 16.2. The summed E-state index contributed by atoms with van der Waals surface area (Å²) in [5.74, 6) is 0. The van der Waals surface area contributed by atoms with E-state index < -0.39 is 0 Å². The minimum Gasteiger partial charge on any atom is -0.449 e. The lowest BCUT2D eigenvalue weighted by Crippen LogP contribution is -2.27. The van der Waals surface area contributed by atoms with Crippen LogP contribution in [0.3, 0.4) is 0 Å². The van der Waals surface area contributed by atoms with Crippen molar-refractivity contribution in [3.63, 3.8) is 0 Å². The third kappa shape index (κ3) is 1.69. The lowest BCUT2D eigenvalue weighted by Gasteiger charge is -2.30. The van der Waals surface area contributed by atoms with E-state index in [2.05, 4.69) is 84.9 Å². The summed E-state index contributed by atoms with van der Waals surface area (Å²) in [7, 11) is 0.0585. The molecule has 0 fully saturated rings. The van der Waals surface area contributed by atoms with E-state index in [1.165, 1.54) is 44.5 Å². The number of hydrogen-bond acceptors (Lipinski definition) is 1. The second-order valence-electron chi connectivity index (χ2n) is 7.42. The van der Waals surface area contributed by atoms with Crippen LogP contribution in [0, 0.1) is 0 Å². The van der Waals surface area contributed by atoms with Gasteiger partial charge in [-0.1, -0.05) is 96.5 Å². The zero-order valence-corrected chi connectivity index (χ0v) is 14.8. The van der Waals surface area contributed by atoms with Crippen molar-refractivity contribution in [2.24, 2.45) is 0 Å². The normalized spacial score (nSPS) is 14.4. The van der Waals surface area contributed by atoms with Crippen LogP contribution >= 0.6 is 0 Å². The molecule has 2 aliphatic carbocycles. The Hall–Kier alpha value is -3.10. The summed E-state index contributed by atoms with van der Waals surface area (Å²) < 4.78 is 0. The van der Waals surface area contributed by atoms with Gasteiger partial charge in [0.05, 0.1) is 5.41 Å². The summed E-state index contributed by atoms with van der Waals surface area (Å²) in [5.41, 5.74) is 11.2. The van der Waals surface area contributed by atoms with Crippen molar-refractivity contribution < 1.29 is 5.02 Å². The number of rotatable bonds is 1. The molecular weight excluding hydrogens is 327 g/mol. The van der Waals surface area contributed by atoms with Gasteiger partial charge in [-0.25, -0.2) is 0 Å². The molecule has 0 atom stereocenters. The molecule has 6 rings (SSSR count). The van der Waals surface area contributed by atoms with E-state index in [0.717, 1.165) is 5.46 Å². The molecule has 0 aliphatic heterocycles. The molecule has 2 heteroatoms. The van der Waals surface area contributed by atoms with Crippen molar-refractivity contribution in [2.75, 3.05) is 0 Å². The van der Waals surface area contributed by atoms with Gasteiger partial charge < -0.3 is 5.02 Å². The van der Waals surface area contributed by atoms with Crippen LogP contribution in [0.5, 0.6) is 0 Å². The topological polar surface area (TPSA) is 20.2 Å². The Bertz CT molecular complexity index is 1160. The van der Waals surface area contributed by atoms with Crippen molar-refractivity contribution in [1.82, 2.24) is 0 Å². The monoisotopic (exact) mass is 344 g/mol. The van der Waals surface area contributed by atoms with Gasteiger partial charge in [-0.05, 0) is 44.5 Å². The summed E-state index contributed by atoms with van der Waals surface area (Å²) in [4.78, 5) is 0. The maximum Gasteiger partial charge on any atom is 0.304 e. The third-order valence-corrected chi connectivity index (χ3v) is 6.24. The van der Waals surface area contributed by atoms with Gasteiger partial charge in [0, 0.05) is 0 Å². The van der Waals surface area contributed by atoms with Gasteiger partial charge in [0.15, 0.2) is 0 Å². The maximum absolute atomic E-state index is 9.81. The highest BCUT2D eigenvalue weighted by Gasteiger charge is 2.51. The number of benzene rings is 4. The predicted octanol–water partition coefficient (Wildman–Crippen LogP) is 4.00. The zero-order chi connectivity index (χ0) is 18.0. The second-order valence-corrected chi connectivity index (χ2v) is 7.42. The molecule has 126 valence electrons. The molecule has 1 spiro atoms. The predicted molar refractivity (Wildman–Crippen MR) is 112 cm³/mol. The van der Waals surface area contributed by atoms with Crippen LogP contribution < -0.4 is 5.46 Å². The molecule has 4 aromatic rings. The molecule has 0 radical (unpaired) electrons. The lowest BCUT2D eigenvalue weighted by atomic mass is 9.69. The summed E-state index contributed by atoms with van der Waals surface area (Å²) >= 11 is 0. The van der Waals surface area contributed by atoms with Gasteiger partial charge in [0.1, 0.15) is 0 Å². The molecule has 1 N–H and O–H groups in total. The van der Waals surface area contributed by atoms with E-state index >= 15 is 0 Å². The van der Waals surface area contributed by atoms with Crippen molar-refractivity contribution in [3.8, 4) is 22.3 Å². The van der Waals surface area contributed by atoms with Crippen molar-refractivity contribution in [2.45, 2.75) is 5.41 Å². The zero-order valence-electron chi connectivity index (χ0n) is 14.8. The summed E-state index contributed by atoms with van der Waals surface area (Å²) in [5, 5.41) is 9.81. The SMILES string of the molecule is OBc1ccc2c(c1)C1(c3ccccc3-c3ccccc31)c1ccccc1-2. The van der Waals surface area contributed by atoms with Crippen LogP contribution in [0.4, 0.5) is 0 Å². The number of fused-ring (bicyclic) bond motifs is 10. The molecular formula is C25H17BO. The van der Waals surface area contributed by atoms with E-state index in [0.29, 0.717) is 0 Å². The first-order valence-corrected chi connectivity index (χ1v) is 9.39. The van der Waals surface area contributed by atoms with E-state index in [4.69, 9.17) is 0 Å². The van der Waals surface area contributed by atoms with Gasteiger partial charge >= 0.3 is 7.48 Å². The Morgan fingerprint density at radius 3 is 1.44 bits per heavy atom. The molecule has 0 unspecified atom stereocenters. The molecule has 0 saturated carbocycles. The van der Waals surface area contributed by atoms with Crippen LogP contribution in [0.15, 0.2) is 91.0 Å². The fourth-order valence-corrected chi connectivity index (χ4v) is 5.24. The Morgan fingerprint density at radius 2 is 0.963 bits per heavy atom. The van der Waals surface area contributed by atoms with Gasteiger partial charge in [-0.2, -0.15) is 0 Å². The van der Waals surface area contributed by atoms with E-state index in [-0.39, 0.29) is 12.9 Å². The maximum atomic E-state index is 9.81. The smallest absolute Gasteiger partial charge is 0.304 e. The highest BCUT2D eigenvalue weighted by molar-refractivity contribution is 6.45. The van der Waals surface area contributed by atoms with Crippen LogP contribution in [-0.4, -0.2) is 12.5 Å². The Balaban J connectivity index is 1.85. The summed E-state index contributed by atoms with van der Waals surface area (Å²) in [6.45, 7) is 0. The fourth-order valence-electron chi connectivity index (χ4n) is 5.24. The van der Waals surface area contributed by atoms with Crippen LogP contribution in [0.25, 0.3) is 22.3 Å². The fraction of sp³-hybridized carbons (Fsp3) is 0.0400. The summed E-state index contributed by atoms with van der Waals surface area (Å²) in [6, 6.07) is 32.7. The first-order chi connectivity index (χ1) is 13.4. The molecule has 4 aromatic carbocycles. The highest BCUT2D eigenvalue weighted by Crippen LogP contribution is 2.62. The van der Waals surface area contributed by atoms with Crippen LogP contribution in [0.1, 0.15) is 22.3 Å².